The van der Waals surface area contributed by atoms with Gasteiger partial charge in [0.1, 0.15) is 23.7 Å². The van der Waals surface area contributed by atoms with Gasteiger partial charge in [-0.25, -0.2) is 9.97 Å². The van der Waals surface area contributed by atoms with Crippen LogP contribution in [0, 0.1) is 0 Å². The third kappa shape index (κ3) is 4.47. The summed E-state index contributed by atoms with van der Waals surface area (Å²) < 4.78 is 24.9. The minimum absolute atomic E-state index is 0.488. The van der Waals surface area contributed by atoms with Gasteiger partial charge < -0.3 is 23.9 Å². The number of nitrogens with zero attached hydrogens (tertiary/aromatic N) is 4. The smallest absolute Gasteiger partial charge is 0.217 e. The summed E-state index contributed by atoms with van der Waals surface area (Å²) in [7, 11) is 1.63. The first-order chi connectivity index (χ1) is 19.2. The molecule has 0 atom stereocenters. The lowest BCUT2D eigenvalue weighted by Crippen LogP contribution is -2.01. The van der Waals surface area contributed by atoms with Crippen molar-refractivity contribution in [2.75, 3.05) is 25.6 Å². The monoisotopic (exact) mass is 519 g/mol. The van der Waals surface area contributed by atoms with Crippen LogP contribution in [-0.4, -0.2) is 40.1 Å². The molecule has 1 fully saturated rings. The number of furan rings is 1. The van der Waals surface area contributed by atoms with Gasteiger partial charge in [0, 0.05) is 22.5 Å². The molecule has 194 valence electrons. The Labute approximate surface area is 224 Å². The quantitative estimate of drug-likeness (QED) is 0.271. The van der Waals surface area contributed by atoms with Crippen molar-refractivity contribution in [2.45, 2.75) is 12.8 Å². The standard InChI is InChI=1S/C30H25N5O4/c1-36-28-15-24-22(14-23(28)26-9-10-27(39-26)30-37-11-12-38-30)29(32-18-31-24)34-21-7-8-25-20(13-21)16-33-35(25)17-19-5-3-2-4-6-19/h2-10,13-16,18,30H,11-12,17H2,1H3,(H,31,32,34). The minimum atomic E-state index is -0.488. The SMILES string of the molecule is COc1cc2ncnc(Nc3ccc4c(cnn4Cc4ccccc4)c3)c2cc1-c1ccc(C2OCCO2)o1. The van der Waals surface area contributed by atoms with Crippen LogP contribution in [0.1, 0.15) is 17.6 Å². The Morgan fingerprint density at radius 2 is 1.85 bits per heavy atom. The zero-order valence-corrected chi connectivity index (χ0v) is 21.2. The van der Waals surface area contributed by atoms with E-state index in [0.29, 0.717) is 42.8 Å². The Morgan fingerprint density at radius 3 is 2.69 bits per heavy atom. The first-order valence-electron chi connectivity index (χ1n) is 12.7. The molecule has 3 aromatic carbocycles. The molecule has 0 spiro atoms. The summed E-state index contributed by atoms with van der Waals surface area (Å²) in [5.41, 5.74) is 4.70. The van der Waals surface area contributed by atoms with E-state index in [4.69, 9.17) is 18.6 Å². The second-order valence-electron chi connectivity index (χ2n) is 9.25. The van der Waals surface area contributed by atoms with Gasteiger partial charge in [-0.05, 0) is 42.0 Å². The number of anilines is 2. The van der Waals surface area contributed by atoms with Gasteiger partial charge in [0.2, 0.25) is 6.29 Å². The van der Waals surface area contributed by atoms with E-state index in [0.717, 1.165) is 33.1 Å². The van der Waals surface area contributed by atoms with Crippen LogP contribution in [0.5, 0.6) is 5.75 Å². The Bertz CT molecular complexity index is 1770. The molecule has 0 unspecified atom stereocenters. The lowest BCUT2D eigenvalue weighted by Gasteiger charge is -2.12. The lowest BCUT2D eigenvalue weighted by molar-refractivity contribution is -0.0585. The highest BCUT2D eigenvalue weighted by atomic mass is 16.7. The maximum Gasteiger partial charge on any atom is 0.217 e. The molecule has 3 aromatic heterocycles. The van der Waals surface area contributed by atoms with Crippen molar-refractivity contribution >= 4 is 33.3 Å². The van der Waals surface area contributed by atoms with E-state index in [9.17, 15) is 0 Å². The van der Waals surface area contributed by atoms with Crippen molar-refractivity contribution < 1.29 is 18.6 Å². The number of methoxy groups -OCH3 is 1. The molecular weight excluding hydrogens is 494 g/mol. The van der Waals surface area contributed by atoms with E-state index < -0.39 is 6.29 Å². The molecular formula is C30H25N5O4. The third-order valence-electron chi connectivity index (χ3n) is 6.78. The van der Waals surface area contributed by atoms with Gasteiger partial charge in [0.05, 0.1) is 49.7 Å². The number of ether oxygens (including phenoxy) is 3. The topological polar surface area (TPSA) is 96.5 Å². The highest BCUT2D eigenvalue weighted by molar-refractivity contribution is 5.96. The van der Waals surface area contributed by atoms with Gasteiger partial charge in [-0.3, -0.25) is 4.68 Å². The molecule has 0 saturated carbocycles. The fourth-order valence-electron chi connectivity index (χ4n) is 4.88. The molecule has 6 aromatic rings. The molecule has 9 heteroatoms. The van der Waals surface area contributed by atoms with E-state index >= 15 is 0 Å². The van der Waals surface area contributed by atoms with Crippen molar-refractivity contribution in [1.29, 1.82) is 0 Å². The van der Waals surface area contributed by atoms with Crippen LogP contribution in [0.3, 0.4) is 0 Å². The largest absolute Gasteiger partial charge is 0.496 e. The molecule has 1 aliphatic rings. The summed E-state index contributed by atoms with van der Waals surface area (Å²) in [6.07, 6.45) is 2.94. The Morgan fingerprint density at radius 1 is 0.974 bits per heavy atom. The number of fused-ring (bicyclic) bond motifs is 2. The normalized spacial score (nSPS) is 13.9. The number of benzene rings is 3. The van der Waals surface area contributed by atoms with E-state index in [2.05, 4.69) is 44.6 Å². The molecule has 1 saturated heterocycles. The average molecular weight is 520 g/mol. The second kappa shape index (κ2) is 9.86. The summed E-state index contributed by atoms with van der Waals surface area (Å²) in [4.78, 5) is 9.02. The van der Waals surface area contributed by atoms with Crippen molar-refractivity contribution in [3.8, 4) is 17.1 Å². The Hall–Kier alpha value is -4.73. The van der Waals surface area contributed by atoms with Gasteiger partial charge in [-0.1, -0.05) is 30.3 Å². The molecule has 0 radical (unpaired) electrons. The van der Waals surface area contributed by atoms with Crippen LogP contribution < -0.4 is 10.1 Å². The van der Waals surface area contributed by atoms with E-state index in [-0.39, 0.29) is 0 Å². The van der Waals surface area contributed by atoms with Crippen molar-refractivity contribution in [1.82, 2.24) is 19.7 Å². The maximum absolute atomic E-state index is 6.10. The second-order valence-corrected chi connectivity index (χ2v) is 9.25. The number of aromatic nitrogens is 4. The summed E-state index contributed by atoms with van der Waals surface area (Å²) in [5.74, 6) is 2.58. The minimum Gasteiger partial charge on any atom is -0.496 e. The molecule has 1 aliphatic heterocycles. The van der Waals surface area contributed by atoms with E-state index in [1.165, 1.54) is 5.56 Å². The Balaban J connectivity index is 1.21. The molecule has 0 aliphatic carbocycles. The summed E-state index contributed by atoms with van der Waals surface area (Å²) in [5, 5.41) is 9.94. The first-order valence-corrected chi connectivity index (χ1v) is 12.7. The van der Waals surface area contributed by atoms with Gasteiger partial charge in [0.15, 0.2) is 5.76 Å². The molecule has 1 N–H and O–H groups in total. The van der Waals surface area contributed by atoms with Gasteiger partial charge in [-0.2, -0.15) is 5.10 Å². The zero-order chi connectivity index (χ0) is 26.2. The molecule has 39 heavy (non-hydrogen) atoms. The van der Waals surface area contributed by atoms with Crippen LogP contribution in [-0.2, 0) is 16.0 Å². The molecule has 0 bridgehead atoms. The van der Waals surface area contributed by atoms with Crippen molar-refractivity contribution in [3.63, 3.8) is 0 Å². The van der Waals surface area contributed by atoms with Crippen LogP contribution in [0.25, 0.3) is 33.1 Å². The first kappa shape index (κ1) is 23.4. The number of rotatable bonds is 7. The zero-order valence-electron chi connectivity index (χ0n) is 21.2. The number of hydrogen-bond acceptors (Lipinski definition) is 8. The number of hydrogen-bond donors (Lipinski definition) is 1. The number of nitrogens with one attached hydrogen (secondary N) is 1. The van der Waals surface area contributed by atoms with Crippen molar-refractivity contribution in [3.05, 3.63) is 96.6 Å². The van der Waals surface area contributed by atoms with Gasteiger partial charge in [0.25, 0.3) is 0 Å². The van der Waals surface area contributed by atoms with Gasteiger partial charge in [-0.15, -0.1) is 0 Å². The molecule has 9 nitrogen and oxygen atoms in total. The molecule has 7 rings (SSSR count). The van der Waals surface area contributed by atoms with Crippen LogP contribution in [0.4, 0.5) is 11.5 Å². The Kier molecular flexibility index (Phi) is 5.92. The summed E-state index contributed by atoms with van der Waals surface area (Å²) in [6, 6.07) is 24.1. The fraction of sp³-hybridized carbons (Fsp3) is 0.167. The summed E-state index contributed by atoms with van der Waals surface area (Å²) in [6.45, 7) is 1.81. The third-order valence-corrected chi connectivity index (χ3v) is 6.78. The van der Waals surface area contributed by atoms with Gasteiger partial charge >= 0.3 is 0 Å². The van der Waals surface area contributed by atoms with Crippen LogP contribution in [0.2, 0.25) is 0 Å². The predicted octanol–water partition coefficient (Wildman–Crippen LogP) is 6.09. The van der Waals surface area contributed by atoms with Crippen molar-refractivity contribution in [2.24, 2.45) is 0 Å². The highest BCUT2D eigenvalue weighted by Gasteiger charge is 2.23. The van der Waals surface area contributed by atoms with Crippen LogP contribution in [0.15, 0.2) is 89.7 Å². The molecule has 0 amide bonds. The fourth-order valence-corrected chi connectivity index (χ4v) is 4.88. The maximum atomic E-state index is 6.10. The summed E-state index contributed by atoms with van der Waals surface area (Å²) >= 11 is 0. The molecule has 4 heterocycles. The van der Waals surface area contributed by atoms with E-state index in [1.807, 2.05) is 59.4 Å². The average Bonchev–Trinajstić information content (AvgIpc) is 3.75. The van der Waals surface area contributed by atoms with Crippen LogP contribution >= 0.6 is 0 Å². The highest BCUT2D eigenvalue weighted by Crippen LogP contribution is 2.38. The predicted molar refractivity (Wildman–Crippen MR) is 147 cm³/mol. The lowest BCUT2D eigenvalue weighted by atomic mass is 10.1. The van der Waals surface area contributed by atoms with E-state index in [1.54, 1.807) is 13.4 Å².